The number of aryl methyl sites for hydroxylation is 1. The molecule has 2 aliphatic heterocycles. The summed E-state index contributed by atoms with van der Waals surface area (Å²) in [6.45, 7) is 1.29. The predicted octanol–water partition coefficient (Wildman–Crippen LogP) is 4.30. The summed E-state index contributed by atoms with van der Waals surface area (Å²) in [4.78, 5) is 16.3. The molecule has 4 rings (SSSR count). The smallest absolute Gasteiger partial charge is 0.390 e. The van der Waals surface area contributed by atoms with Crippen LogP contribution >= 0.6 is 0 Å². The summed E-state index contributed by atoms with van der Waals surface area (Å²) in [6, 6.07) is 5.45. The number of halogens is 6. The lowest BCUT2D eigenvalue weighted by molar-refractivity contribution is -0.141. The maximum atomic E-state index is 13.2. The van der Waals surface area contributed by atoms with E-state index in [0.717, 1.165) is 18.3 Å². The highest BCUT2D eigenvalue weighted by atomic mass is 19.4. The zero-order valence-electron chi connectivity index (χ0n) is 16.5. The summed E-state index contributed by atoms with van der Waals surface area (Å²) < 4.78 is 84.6. The fourth-order valence-corrected chi connectivity index (χ4v) is 4.48. The second-order valence-corrected chi connectivity index (χ2v) is 7.98. The van der Waals surface area contributed by atoms with E-state index in [1.165, 1.54) is 25.1 Å². The maximum Gasteiger partial charge on any atom is 0.433 e. The van der Waals surface area contributed by atoms with Crippen LogP contribution in [0.4, 0.5) is 32.0 Å². The van der Waals surface area contributed by atoms with E-state index in [2.05, 4.69) is 10.3 Å². The Labute approximate surface area is 178 Å². The first kappa shape index (κ1) is 22.5. The fraction of sp³-hybridized carbons (Fsp3) is 0.429. The number of aliphatic hydroxyl groups is 1. The molecule has 2 N–H and O–H groups in total. The molecule has 5 atom stereocenters. The number of nitrogens with one attached hydrogen (secondary N) is 1. The van der Waals surface area contributed by atoms with Gasteiger partial charge in [-0.25, -0.2) is 0 Å². The molecule has 1 amide bonds. The van der Waals surface area contributed by atoms with Gasteiger partial charge in [0.25, 0.3) is 0 Å². The largest absolute Gasteiger partial charge is 0.433 e. The van der Waals surface area contributed by atoms with Crippen molar-refractivity contribution in [1.29, 1.82) is 0 Å². The number of amides is 1. The third kappa shape index (κ3) is 4.06. The number of hydrogen-bond donors (Lipinski definition) is 2. The highest BCUT2D eigenvalue weighted by Crippen LogP contribution is 2.50. The molecule has 0 saturated carbocycles. The molecule has 2 saturated heterocycles. The molecule has 0 radical (unpaired) electrons. The van der Waals surface area contributed by atoms with Gasteiger partial charge in [0, 0.05) is 24.2 Å². The molecule has 0 spiro atoms. The van der Waals surface area contributed by atoms with E-state index in [0.29, 0.717) is 0 Å². The van der Waals surface area contributed by atoms with Crippen molar-refractivity contribution < 1.29 is 41.0 Å². The number of fused-ring (bicyclic) bond motifs is 2. The Bertz CT molecular complexity index is 1040. The van der Waals surface area contributed by atoms with Gasteiger partial charge in [-0.2, -0.15) is 26.3 Å². The molecule has 1 aromatic carbocycles. The van der Waals surface area contributed by atoms with Crippen LogP contribution in [0.1, 0.15) is 34.7 Å². The molecular formula is C21H18F6N2O3. The number of alkyl halides is 6. The number of carbonyl (C=O) groups excluding carboxylic acids is 1. The van der Waals surface area contributed by atoms with Gasteiger partial charge in [-0.1, -0.05) is 6.07 Å². The van der Waals surface area contributed by atoms with Gasteiger partial charge in [-0.3, -0.25) is 9.78 Å². The zero-order chi connectivity index (χ0) is 23.4. The first-order chi connectivity index (χ1) is 14.9. The highest BCUT2D eigenvalue weighted by Gasteiger charge is 2.57. The molecule has 2 aromatic rings. The van der Waals surface area contributed by atoms with Crippen LogP contribution in [0.2, 0.25) is 0 Å². The third-order valence-corrected chi connectivity index (χ3v) is 5.90. The van der Waals surface area contributed by atoms with Crippen molar-refractivity contribution in [2.75, 3.05) is 5.32 Å². The third-order valence-electron chi connectivity index (χ3n) is 5.90. The number of anilines is 1. The first-order valence-electron chi connectivity index (χ1n) is 9.71. The van der Waals surface area contributed by atoms with Gasteiger partial charge in [0.2, 0.25) is 5.91 Å². The minimum Gasteiger partial charge on any atom is -0.390 e. The number of aliphatic hydroxyl groups excluding tert-OH is 1. The van der Waals surface area contributed by atoms with Crippen LogP contribution in [0.15, 0.2) is 36.5 Å². The Kier molecular flexibility index (Phi) is 5.44. The van der Waals surface area contributed by atoms with Gasteiger partial charge in [-0.15, -0.1) is 0 Å². The Morgan fingerprint density at radius 3 is 2.50 bits per heavy atom. The molecule has 2 bridgehead atoms. The molecule has 2 aliphatic rings. The van der Waals surface area contributed by atoms with Gasteiger partial charge in [0.15, 0.2) is 0 Å². The Balaban J connectivity index is 1.65. The van der Waals surface area contributed by atoms with E-state index in [1.54, 1.807) is 0 Å². The topological polar surface area (TPSA) is 71.5 Å². The summed E-state index contributed by atoms with van der Waals surface area (Å²) >= 11 is 0. The van der Waals surface area contributed by atoms with Gasteiger partial charge < -0.3 is 15.2 Å². The molecule has 32 heavy (non-hydrogen) atoms. The van der Waals surface area contributed by atoms with E-state index in [9.17, 15) is 36.2 Å². The zero-order valence-corrected chi connectivity index (χ0v) is 16.5. The maximum absolute atomic E-state index is 13.2. The standard InChI is InChI=1S/C21H18F6N2O3/c1-9-2-3-11(7-12(9)20(22,23)24)29-19(31)17-14-8-13(30)18(32-14)16(17)10-4-5-28-15(6-10)21(25,26)27/h2-7,13-14,16-18,30H,8H2,1H3,(H,29,31)/t13-,14+,16+,17-,18-/m0/s1. The monoisotopic (exact) mass is 460 g/mol. The molecule has 5 nitrogen and oxygen atoms in total. The Morgan fingerprint density at radius 2 is 1.84 bits per heavy atom. The van der Waals surface area contributed by atoms with Crippen molar-refractivity contribution in [3.63, 3.8) is 0 Å². The summed E-state index contributed by atoms with van der Waals surface area (Å²) in [5, 5.41) is 12.6. The summed E-state index contributed by atoms with van der Waals surface area (Å²) in [6.07, 6.45) is -10.9. The molecule has 2 fully saturated rings. The van der Waals surface area contributed by atoms with Crippen LogP contribution in [0.5, 0.6) is 0 Å². The molecule has 1 aromatic heterocycles. The van der Waals surface area contributed by atoms with Crippen molar-refractivity contribution in [3.05, 3.63) is 58.9 Å². The van der Waals surface area contributed by atoms with Crippen LogP contribution in [0.3, 0.4) is 0 Å². The van der Waals surface area contributed by atoms with E-state index in [4.69, 9.17) is 4.74 Å². The summed E-state index contributed by atoms with van der Waals surface area (Å²) in [5.74, 6) is -2.61. The lowest BCUT2D eigenvalue weighted by atomic mass is 9.74. The second-order valence-electron chi connectivity index (χ2n) is 7.98. The van der Waals surface area contributed by atoms with E-state index in [1.807, 2.05) is 0 Å². The van der Waals surface area contributed by atoms with Crippen LogP contribution in [0.25, 0.3) is 0 Å². The van der Waals surface area contributed by atoms with Crippen molar-refractivity contribution in [2.24, 2.45) is 5.92 Å². The summed E-state index contributed by atoms with van der Waals surface area (Å²) in [5.41, 5.74) is -2.06. The number of rotatable bonds is 3. The number of hydrogen-bond acceptors (Lipinski definition) is 4. The minimum atomic E-state index is -4.71. The van der Waals surface area contributed by atoms with Gasteiger partial charge >= 0.3 is 12.4 Å². The van der Waals surface area contributed by atoms with Crippen molar-refractivity contribution in [3.8, 4) is 0 Å². The van der Waals surface area contributed by atoms with Crippen LogP contribution in [0, 0.1) is 12.8 Å². The van der Waals surface area contributed by atoms with Gasteiger partial charge in [0.1, 0.15) is 5.69 Å². The highest BCUT2D eigenvalue weighted by molar-refractivity contribution is 5.94. The van der Waals surface area contributed by atoms with Gasteiger partial charge in [0.05, 0.1) is 29.8 Å². The van der Waals surface area contributed by atoms with Crippen LogP contribution < -0.4 is 5.32 Å². The SMILES string of the molecule is Cc1ccc(NC(=O)[C@@H]2[C@@H](c3ccnc(C(F)(F)F)c3)[C@H]3O[C@@H]2C[C@@H]3O)cc1C(F)(F)F. The average molecular weight is 460 g/mol. The Morgan fingerprint density at radius 1 is 1.12 bits per heavy atom. The molecule has 172 valence electrons. The quantitative estimate of drug-likeness (QED) is 0.671. The number of carbonyl (C=O) groups is 1. The lowest BCUT2D eigenvalue weighted by Gasteiger charge is -2.30. The number of pyridine rings is 1. The number of ether oxygens (including phenoxy) is 1. The molecule has 0 aliphatic carbocycles. The van der Waals surface area contributed by atoms with Gasteiger partial charge in [-0.05, 0) is 42.3 Å². The molecule has 11 heteroatoms. The average Bonchev–Trinajstić information content (AvgIpc) is 3.25. The predicted molar refractivity (Wildman–Crippen MR) is 99.6 cm³/mol. The van der Waals surface area contributed by atoms with Crippen LogP contribution in [-0.2, 0) is 21.9 Å². The first-order valence-corrected chi connectivity index (χ1v) is 9.71. The summed E-state index contributed by atoms with van der Waals surface area (Å²) in [7, 11) is 0. The van der Waals surface area contributed by atoms with Crippen molar-refractivity contribution in [1.82, 2.24) is 4.98 Å². The molecular weight excluding hydrogens is 442 g/mol. The second kappa shape index (κ2) is 7.73. The Hall–Kier alpha value is -2.66. The number of aromatic nitrogens is 1. The fourth-order valence-electron chi connectivity index (χ4n) is 4.48. The molecule has 3 heterocycles. The minimum absolute atomic E-state index is 0.0174. The van der Waals surface area contributed by atoms with Crippen molar-refractivity contribution in [2.45, 2.75) is 49.9 Å². The van der Waals surface area contributed by atoms with Crippen molar-refractivity contribution >= 4 is 11.6 Å². The van der Waals surface area contributed by atoms with Crippen LogP contribution in [-0.4, -0.2) is 34.3 Å². The normalized spacial score (nSPS) is 27.6. The molecule has 0 unspecified atom stereocenters. The van der Waals surface area contributed by atoms with E-state index >= 15 is 0 Å². The number of benzene rings is 1. The van der Waals surface area contributed by atoms with E-state index in [-0.39, 0.29) is 23.2 Å². The lowest BCUT2D eigenvalue weighted by Crippen LogP contribution is -2.41. The van der Waals surface area contributed by atoms with E-state index < -0.39 is 59.7 Å². The number of nitrogens with zero attached hydrogens (tertiary/aromatic N) is 1.